The lowest BCUT2D eigenvalue weighted by molar-refractivity contribution is -0.136. The maximum Gasteiger partial charge on any atom is 0.320 e. The smallest absolute Gasteiger partial charge is 0.320 e. The zero-order valence-electron chi connectivity index (χ0n) is 19.4. The fourth-order valence-corrected chi connectivity index (χ4v) is 4.23. The van der Waals surface area contributed by atoms with Gasteiger partial charge in [-0.15, -0.1) is 0 Å². The number of carbonyl (C=O) groups excluding carboxylic acids is 2. The molecule has 3 aromatic rings. The topological polar surface area (TPSA) is 82.8 Å². The zero-order chi connectivity index (χ0) is 24.1. The van der Waals surface area contributed by atoms with Crippen molar-refractivity contribution >= 4 is 23.5 Å². The van der Waals surface area contributed by atoms with E-state index in [1.54, 1.807) is 36.0 Å². The van der Waals surface area contributed by atoms with E-state index in [4.69, 9.17) is 16.1 Å². The summed E-state index contributed by atoms with van der Waals surface area (Å²) in [5, 5.41) is 4.74. The number of likely N-dealkylation sites (tertiary alicyclic amines) is 1. The minimum atomic E-state index is -0.317. The Kier molecular flexibility index (Phi) is 7.47. The minimum Gasteiger partial charge on any atom is -0.337 e. The molecule has 1 aliphatic rings. The first-order chi connectivity index (χ1) is 16.4. The van der Waals surface area contributed by atoms with Crippen molar-refractivity contribution in [2.75, 3.05) is 27.2 Å². The quantitative estimate of drug-likeness (QED) is 0.512. The third-order valence-electron chi connectivity index (χ3n) is 5.85. The highest BCUT2D eigenvalue weighted by molar-refractivity contribution is 6.30. The molecular formula is C25H28ClN5O3. The molecule has 0 bridgehead atoms. The van der Waals surface area contributed by atoms with E-state index >= 15 is 0 Å². The number of halogens is 1. The van der Waals surface area contributed by atoms with E-state index < -0.39 is 0 Å². The fraction of sp³-hybridized carbons (Fsp3) is 0.360. The molecule has 9 heteroatoms. The molecule has 8 nitrogen and oxygen atoms in total. The maximum atomic E-state index is 13.4. The van der Waals surface area contributed by atoms with Gasteiger partial charge in [0.25, 0.3) is 0 Å². The second-order valence-electron chi connectivity index (χ2n) is 8.58. The highest BCUT2D eigenvalue weighted by Gasteiger charge is 2.33. The average Bonchev–Trinajstić information content (AvgIpc) is 3.34. The molecule has 178 valence electrons. The number of urea groups is 1. The Morgan fingerprint density at radius 2 is 1.82 bits per heavy atom. The molecule has 1 saturated heterocycles. The van der Waals surface area contributed by atoms with Crippen molar-refractivity contribution in [3.8, 4) is 11.4 Å². The number of rotatable bonds is 6. The van der Waals surface area contributed by atoms with Gasteiger partial charge in [-0.25, -0.2) is 4.79 Å². The Labute approximate surface area is 204 Å². The number of hydrogen-bond acceptors (Lipinski definition) is 5. The first-order valence-corrected chi connectivity index (χ1v) is 11.7. The summed E-state index contributed by atoms with van der Waals surface area (Å²) in [7, 11) is 3.37. The first kappa shape index (κ1) is 23.8. The van der Waals surface area contributed by atoms with Crippen LogP contribution in [0.2, 0.25) is 5.02 Å². The van der Waals surface area contributed by atoms with Gasteiger partial charge in [-0.2, -0.15) is 4.98 Å². The number of piperidine rings is 1. The van der Waals surface area contributed by atoms with Gasteiger partial charge in [0.05, 0.1) is 0 Å². The molecule has 0 radical (unpaired) electrons. The van der Waals surface area contributed by atoms with Crippen LogP contribution >= 0.6 is 11.6 Å². The highest BCUT2D eigenvalue weighted by atomic mass is 35.5. The summed E-state index contributed by atoms with van der Waals surface area (Å²) in [5.41, 5.74) is 1.75. The minimum absolute atomic E-state index is 0.0272. The number of amides is 3. The van der Waals surface area contributed by atoms with E-state index in [-0.39, 0.29) is 24.5 Å². The highest BCUT2D eigenvalue weighted by Crippen LogP contribution is 2.31. The Bertz CT molecular complexity index is 1120. The van der Waals surface area contributed by atoms with Gasteiger partial charge < -0.3 is 19.2 Å². The van der Waals surface area contributed by atoms with Crippen LogP contribution < -0.4 is 0 Å². The maximum absolute atomic E-state index is 13.4. The second-order valence-corrected chi connectivity index (χ2v) is 9.02. The molecule has 34 heavy (non-hydrogen) atoms. The third-order valence-corrected chi connectivity index (χ3v) is 6.10. The SMILES string of the molecule is CN(C)C(=O)N(CC(=O)N1CCCCC1c1nc(-c2ccc(Cl)cc2)no1)Cc1ccccc1. The normalized spacial score (nSPS) is 15.7. The van der Waals surface area contributed by atoms with Gasteiger partial charge in [0.15, 0.2) is 0 Å². The van der Waals surface area contributed by atoms with Crippen LogP contribution in [-0.2, 0) is 11.3 Å². The van der Waals surface area contributed by atoms with E-state index in [9.17, 15) is 9.59 Å². The Morgan fingerprint density at radius 1 is 1.09 bits per heavy atom. The molecule has 0 spiro atoms. The third kappa shape index (κ3) is 5.56. The number of carbonyl (C=O) groups is 2. The predicted molar refractivity (Wildman–Crippen MR) is 129 cm³/mol. The summed E-state index contributed by atoms with van der Waals surface area (Å²) < 4.78 is 5.58. The Hall–Kier alpha value is -3.39. The van der Waals surface area contributed by atoms with Crippen molar-refractivity contribution < 1.29 is 14.1 Å². The van der Waals surface area contributed by atoms with Gasteiger partial charge in [-0.05, 0) is 49.1 Å². The van der Waals surface area contributed by atoms with Crippen LogP contribution in [0.5, 0.6) is 0 Å². The number of hydrogen-bond donors (Lipinski definition) is 0. The van der Waals surface area contributed by atoms with E-state index in [1.807, 2.05) is 42.5 Å². The molecular weight excluding hydrogens is 454 g/mol. The van der Waals surface area contributed by atoms with Crippen molar-refractivity contribution in [2.45, 2.75) is 31.8 Å². The molecule has 2 heterocycles. The van der Waals surface area contributed by atoms with Gasteiger partial charge >= 0.3 is 6.03 Å². The number of nitrogens with zero attached hydrogens (tertiary/aromatic N) is 5. The van der Waals surface area contributed by atoms with Gasteiger partial charge in [-0.1, -0.05) is 47.1 Å². The van der Waals surface area contributed by atoms with Crippen molar-refractivity contribution in [2.24, 2.45) is 0 Å². The van der Waals surface area contributed by atoms with Crippen molar-refractivity contribution in [1.82, 2.24) is 24.8 Å². The summed E-state index contributed by atoms with van der Waals surface area (Å²) in [6.45, 7) is 0.904. The summed E-state index contributed by atoms with van der Waals surface area (Å²) in [6.07, 6.45) is 2.58. The van der Waals surface area contributed by atoms with Gasteiger partial charge in [-0.3, -0.25) is 4.79 Å². The number of aromatic nitrogens is 2. The predicted octanol–water partition coefficient (Wildman–Crippen LogP) is 4.63. The summed E-state index contributed by atoms with van der Waals surface area (Å²) in [4.78, 5) is 35.7. The lowest BCUT2D eigenvalue weighted by Gasteiger charge is -2.35. The number of benzene rings is 2. The van der Waals surface area contributed by atoms with Gasteiger partial charge in [0.1, 0.15) is 12.6 Å². The van der Waals surface area contributed by atoms with Gasteiger partial charge in [0.2, 0.25) is 17.6 Å². The van der Waals surface area contributed by atoms with Crippen molar-refractivity contribution in [3.05, 3.63) is 71.1 Å². The Balaban J connectivity index is 1.52. The van der Waals surface area contributed by atoms with Crippen molar-refractivity contribution in [1.29, 1.82) is 0 Å². The summed E-state index contributed by atoms with van der Waals surface area (Å²) in [6, 6.07) is 16.3. The van der Waals surface area contributed by atoms with E-state index in [0.29, 0.717) is 29.8 Å². The van der Waals surface area contributed by atoms with Crippen LogP contribution in [-0.4, -0.2) is 64.0 Å². The van der Waals surface area contributed by atoms with Crippen LogP contribution in [0.15, 0.2) is 59.1 Å². The largest absolute Gasteiger partial charge is 0.337 e. The standard InChI is InChI=1S/C25H28ClN5O3/c1-29(2)25(33)30(16-18-8-4-3-5-9-18)17-22(32)31-15-7-6-10-21(31)24-27-23(28-34-24)19-11-13-20(26)14-12-19/h3-5,8-9,11-14,21H,6-7,10,15-17H2,1-2H3. The molecule has 1 aromatic heterocycles. The van der Waals surface area contributed by atoms with Crippen LogP contribution in [0, 0.1) is 0 Å². The lowest BCUT2D eigenvalue weighted by atomic mass is 10.0. The molecule has 1 fully saturated rings. The summed E-state index contributed by atoms with van der Waals surface area (Å²) >= 11 is 5.97. The Morgan fingerprint density at radius 3 is 2.53 bits per heavy atom. The lowest BCUT2D eigenvalue weighted by Crippen LogP contribution is -2.48. The van der Waals surface area contributed by atoms with Crippen LogP contribution in [0.1, 0.15) is 36.8 Å². The molecule has 0 N–H and O–H groups in total. The van der Waals surface area contributed by atoms with Gasteiger partial charge in [0, 0.05) is 37.8 Å². The average molecular weight is 482 g/mol. The first-order valence-electron chi connectivity index (χ1n) is 11.3. The molecule has 0 saturated carbocycles. The van der Waals surface area contributed by atoms with Crippen molar-refractivity contribution in [3.63, 3.8) is 0 Å². The zero-order valence-corrected chi connectivity index (χ0v) is 20.1. The van der Waals surface area contributed by atoms with Crippen LogP contribution in [0.25, 0.3) is 11.4 Å². The molecule has 1 unspecified atom stereocenters. The molecule has 3 amide bonds. The fourth-order valence-electron chi connectivity index (χ4n) is 4.11. The van der Waals surface area contributed by atoms with E-state index in [1.165, 1.54) is 4.90 Å². The molecule has 4 rings (SSSR count). The van der Waals surface area contributed by atoms with Crippen LogP contribution in [0.3, 0.4) is 0 Å². The summed E-state index contributed by atoms with van der Waals surface area (Å²) in [5.74, 6) is 0.728. The second kappa shape index (κ2) is 10.7. The molecule has 2 aromatic carbocycles. The monoisotopic (exact) mass is 481 g/mol. The molecule has 1 atom stereocenters. The molecule has 0 aliphatic carbocycles. The van der Waals surface area contributed by atoms with E-state index in [0.717, 1.165) is 30.4 Å². The molecule has 1 aliphatic heterocycles. The van der Waals surface area contributed by atoms with E-state index in [2.05, 4.69) is 10.1 Å². The van der Waals surface area contributed by atoms with Crippen LogP contribution in [0.4, 0.5) is 4.79 Å².